The van der Waals surface area contributed by atoms with E-state index in [4.69, 9.17) is 32.8 Å². The average molecular weight is 464 g/mol. The van der Waals surface area contributed by atoms with Crippen LogP contribution in [0, 0.1) is 0 Å². The summed E-state index contributed by atoms with van der Waals surface area (Å²) in [5.41, 5.74) is 13.0. The Morgan fingerprint density at radius 3 is 2.62 bits per heavy atom. The molecule has 3 heterocycles. The van der Waals surface area contributed by atoms with E-state index in [1.54, 1.807) is 13.1 Å². The number of halogens is 1. The van der Waals surface area contributed by atoms with Gasteiger partial charge in [-0.3, -0.25) is 8.97 Å². The first kappa shape index (κ1) is 22.6. The fourth-order valence-corrected chi connectivity index (χ4v) is 3.01. The van der Waals surface area contributed by atoms with Crippen LogP contribution in [0.2, 0.25) is 0 Å². The van der Waals surface area contributed by atoms with Crippen LogP contribution in [-0.2, 0) is 18.3 Å². The van der Waals surface area contributed by atoms with E-state index in [1.807, 2.05) is 12.1 Å². The number of nitrogens with two attached hydrogens (primary N) is 2. The number of oxazole rings is 1. The second kappa shape index (κ2) is 8.95. The maximum Gasteiger partial charge on any atom is 0.419 e. The number of benzene rings is 1. The van der Waals surface area contributed by atoms with E-state index >= 15 is 0 Å². The number of hydrogen-bond acceptors (Lipinski definition) is 10. The minimum absolute atomic E-state index is 0.00667. The molecule has 0 radical (unpaired) electrons. The molecule has 6 N–H and O–H groups in total. The van der Waals surface area contributed by atoms with Gasteiger partial charge in [0.25, 0.3) is 0 Å². The molecule has 168 valence electrons. The van der Waals surface area contributed by atoms with Crippen LogP contribution in [0.15, 0.2) is 33.5 Å². The van der Waals surface area contributed by atoms with Gasteiger partial charge in [-0.15, -0.1) is 0 Å². The van der Waals surface area contributed by atoms with Crippen LogP contribution in [0.1, 0.15) is 26.5 Å². The van der Waals surface area contributed by atoms with Gasteiger partial charge in [0.2, 0.25) is 5.95 Å². The lowest BCUT2D eigenvalue weighted by Gasteiger charge is -2.05. The molecule has 13 nitrogen and oxygen atoms in total. The van der Waals surface area contributed by atoms with Gasteiger partial charge in [-0.25, -0.2) is 24.2 Å². The minimum Gasteiger partial charge on any atom is -0.477 e. The number of carbonyl (C=O) groups excluding carboxylic acids is 1. The van der Waals surface area contributed by atoms with Crippen molar-refractivity contribution < 1.29 is 23.8 Å². The van der Waals surface area contributed by atoms with E-state index in [9.17, 15) is 14.4 Å². The van der Waals surface area contributed by atoms with Crippen molar-refractivity contribution >= 4 is 52.2 Å². The summed E-state index contributed by atoms with van der Waals surface area (Å²) >= 11 is 5.39. The van der Waals surface area contributed by atoms with Gasteiger partial charge in [-0.1, -0.05) is 6.07 Å². The Morgan fingerprint density at radius 2 is 2.00 bits per heavy atom. The number of anilines is 2. The predicted molar refractivity (Wildman–Crippen MR) is 114 cm³/mol. The zero-order valence-corrected chi connectivity index (χ0v) is 17.6. The molecule has 0 aliphatic carbocycles. The molecule has 0 atom stereocenters. The van der Waals surface area contributed by atoms with Crippen molar-refractivity contribution in [2.45, 2.75) is 6.54 Å². The lowest BCUT2D eigenvalue weighted by molar-refractivity contribution is 0.0592. The van der Waals surface area contributed by atoms with Gasteiger partial charge in [0.1, 0.15) is 5.69 Å². The Labute approximate surface area is 184 Å². The summed E-state index contributed by atoms with van der Waals surface area (Å²) in [6.07, 6.45) is 0. The molecule has 4 rings (SSSR count). The third-order valence-corrected chi connectivity index (χ3v) is 4.52. The van der Waals surface area contributed by atoms with Crippen molar-refractivity contribution in [3.8, 4) is 0 Å². The fraction of sp³-hybridized carbons (Fsp3) is 0.167. The van der Waals surface area contributed by atoms with Gasteiger partial charge in [0.05, 0.1) is 12.6 Å². The van der Waals surface area contributed by atoms with E-state index in [1.165, 1.54) is 4.57 Å². The van der Waals surface area contributed by atoms with Gasteiger partial charge < -0.3 is 25.7 Å². The molecule has 1 aromatic carbocycles. The second-order valence-corrected chi connectivity index (χ2v) is 6.64. The first-order chi connectivity index (χ1) is 15.2. The number of aromatic carboxylic acids is 1. The zero-order valence-electron chi connectivity index (χ0n) is 16.8. The van der Waals surface area contributed by atoms with Gasteiger partial charge in [-0.05, 0) is 29.5 Å². The first-order valence-electron chi connectivity index (χ1n) is 8.86. The number of aryl methyl sites for hydroxylation is 1. The Balaban J connectivity index is 0.000000186. The van der Waals surface area contributed by atoms with Crippen molar-refractivity contribution in [2.24, 2.45) is 7.05 Å². The SMILES string of the molecule is COC(=O)c1cc(C(=O)O)nc2c(N)nc(N)n12.Cn1c(=O)oc2ccc(CNCl)cc21. The highest BCUT2D eigenvalue weighted by Gasteiger charge is 2.21. The van der Waals surface area contributed by atoms with Gasteiger partial charge in [-0.2, -0.15) is 4.98 Å². The number of nitrogens with one attached hydrogen (secondary N) is 1. The molecule has 0 saturated carbocycles. The molecule has 0 aliphatic rings. The van der Waals surface area contributed by atoms with Crippen molar-refractivity contribution in [3.05, 3.63) is 51.8 Å². The zero-order chi connectivity index (χ0) is 23.6. The quantitative estimate of drug-likeness (QED) is 0.246. The molecule has 4 aromatic rings. The monoisotopic (exact) mass is 463 g/mol. The number of carbonyl (C=O) groups is 2. The smallest absolute Gasteiger partial charge is 0.419 e. The van der Waals surface area contributed by atoms with Crippen molar-refractivity contribution in [1.82, 2.24) is 23.8 Å². The van der Waals surface area contributed by atoms with Crippen LogP contribution in [0.3, 0.4) is 0 Å². The third-order valence-electron chi connectivity index (χ3n) is 4.39. The van der Waals surface area contributed by atoms with E-state index in [0.717, 1.165) is 28.7 Å². The number of nitrogen functional groups attached to an aromatic ring is 2. The molecule has 0 spiro atoms. The number of hydrogen-bond donors (Lipinski definition) is 4. The normalized spacial score (nSPS) is 10.7. The lowest BCUT2D eigenvalue weighted by atomic mass is 10.2. The Bertz CT molecular complexity index is 1390. The highest BCUT2D eigenvalue weighted by molar-refractivity contribution is 6.13. The summed E-state index contributed by atoms with van der Waals surface area (Å²) in [7, 11) is 2.83. The van der Waals surface area contributed by atoms with E-state index in [2.05, 4.69) is 19.5 Å². The molecule has 0 unspecified atom stereocenters. The average Bonchev–Trinajstić information content (AvgIpc) is 3.22. The number of ether oxygens (including phenoxy) is 1. The van der Waals surface area contributed by atoms with Crippen molar-refractivity contribution in [3.63, 3.8) is 0 Å². The molecule has 0 aliphatic heterocycles. The summed E-state index contributed by atoms with van der Waals surface area (Å²) in [6.45, 7) is 0.552. The Morgan fingerprint density at radius 1 is 1.28 bits per heavy atom. The largest absolute Gasteiger partial charge is 0.477 e. The molecular weight excluding hydrogens is 446 g/mol. The summed E-state index contributed by atoms with van der Waals surface area (Å²) in [5.74, 6) is -2.57. The van der Waals surface area contributed by atoms with Crippen LogP contribution in [0.5, 0.6) is 0 Å². The lowest BCUT2D eigenvalue weighted by Crippen LogP contribution is -2.14. The number of imidazole rings is 1. The summed E-state index contributed by atoms with van der Waals surface area (Å²) in [5, 5.41) is 8.90. The van der Waals surface area contributed by atoms with E-state index < -0.39 is 11.9 Å². The third kappa shape index (κ3) is 4.19. The Hall–Kier alpha value is -4.10. The maximum absolute atomic E-state index is 11.6. The van der Waals surface area contributed by atoms with Crippen LogP contribution in [-0.4, -0.2) is 43.1 Å². The van der Waals surface area contributed by atoms with Gasteiger partial charge in [0, 0.05) is 19.7 Å². The van der Waals surface area contributed by atoms with Crippen LogP contribution >= 0.6 is 11.8 Å². The van der Waals surface area contributed by atoms with Gasteiger partial charge in [0.15, 0.2) is 22.7 Å². The van der Waals surface area contributed by atoms with Crippen LogP contribution in [0.4, 0.5) is 11.8 Å². The summed E-state index contributed by atoms with van der Waals surface area (Å²) < 4.78 is 12.1. The molecule has 32 heavy (non-hydrogen) atoms. The molecule has 0 amide bonds. The molecule has 0 saturated heterocycles. The topological polar surface area (TPSA) is 193 Å². The predicted octanol–water partition coefficient (Wildman–Crippen LogP) is 0.753. The number of carboxylic acids is 1. The van der Waals surface area contributed by atoms with Crippen LogP contribution in [0.25, 0.3) is 16.7 Å². The standard InChI is InChI=1S/C9H9ClN2O2.C9H9N5O4/c1-12-7-4-6(5-11-10)2-3-8(7)14-9(12)13;1-18-8(17)4-2-3(7(15)16)12-6-5(10)13-9(11)14(4)6/h2-4,11H,5H2,1H3;2H,10H2,1H3,(H2,11,13)(H,15,16). The number of methoxy groups -OCH3 is 1. The molecular formula is C18H18ClN7O6. The number of esters is 1. The number of rotatable bonds is 4. The minimum atomic E-state index is -1.30. The van der Waals surface area contributed by atoms with Crippen molar-refractivity contribution in [1.29, 1.82) is 0 Å². The van der Waals surface area contributed by atoms with E-state index in [-0.39, 0.29) is 34.6 Å². The van der Waals surface area contributed by atoms with E-state index in [0.29, 0.717) is 12.1 Å². The number of aromatic nitrogens is 4. The molecule has 0 bridgehead atoms. The number of fused-ring (bicyclic) bond motifs is 2. The number of carboxylic acid groups (broad SMARTS) is 1. The molecule has 0 fully saturated rings. The highest BCUT2D eigenvalue weighted by Crippen LogP contribution is 2.19. The fourth-order valence-electron chi connectivity index (χ4n) is 2.86. The second-order valence-electron chi connectivity index (χ2n) is 6.38. The summed E-state index contributed by atoms with van der Waals surface area (Å²) in [6, 6.07) is 6.54. The van der Waals surface area contributed by atoms with Crippen LogP contribution < -0.4 is 22.1 Å². The van der Waals surface area contributed by atoms with Gasteiger partial charge >= 0.3 is 17.7 Å². The highest BCUT2D eigenvalue weighted by atomic mass is 35.5. The first-order valence-corrected chi connectivity index (χ1v) is 9.23. The molecule has 3 aromatic heterocycles. The maximum atomic E-state index is 11.6. The number of nitrogens with zero attached hydrogens (tertiary/aromatic N) is 4. The Kier molecular flexibility index (Phi) is 6.32. The molecule has 14 heteroatoms. The van der Waals surface area contributed by atoms with Crippen molar-refractivity contribution in [2.75, 3.05) is 18.6 Å². The summed E-state index contributed by atoms with van der Waals surface area (Å²) in [4.78, 5) is 43.7.